The number of nitrogens with one attached hydrogen (secondary N) is 1. The van der Waals surface area contributed by atoms with Crippen LogP contribution in [0.1, 0.15) is 28.7 Å². The van der Waals surface area contributed by atoms with E-state index in [1.165, 1.54) is 5.56 Å². The van der Waals surface area contributed by atoms with E-state index in [4.69, 9.17) is 0 Å². The van der Waals surface area contributed by atoms with Crippen LogP contribution in [0, 0.1) is 18.6 Å². The van der Waals surface area contributed by atoms with Gasteiger partial charge in [0, 0.05) is 18.7 Å². The maximum atomic E-state index is 13.9. The number of anilines is 1. The third-order valence-corrected chi connectivity index (χ3v) is 3.86. The molecule has 0 radical (unpaired) electrons. The molecular weight excluding hydrogens is 256 g/mol. The van der Waals surface area contributed by atoms with Crippen LogP contribution in [0.15, 0.2) is 30.3 Å². The standard InChI is InChI=1S/C17H17F2N/c1-11-4-6-14(17(19)16(11)18)10-12-5-7-15-13(9-12)3-2-8-20-15/h4-7,9,20H,2-3,8,10H2,1H3. The number of hydrogen-bond donors (Lipinski definition) is 1. The lowest BCUT2D eigenvalue weighted by Crippen LogP contribution is -2.11. The molecule has 2 aromatic rings. The van der Waals surface area contributed by atoms with E-state index in [9.17, 15) is 8.78 Å². The van der Waals surface area contributed by atoms with Gasteiger partial charge in [-0.25, -0.2) is 8.78 Å². The van der Waals surface area contributed by atoms with Crippen molar-refractivity contribution < 1.29 is 8.78 Å². The van der Waals surface area contributed by atoms with Crippen molar-refractivity contribution in [1.29, 1.82) is 0 Å². The van der Waals surface area contributed by atoms with Crippen molar-refractivity contribution in [2.75, 3.05) is 11.9 Å². The lowest BCUT2D eigenvalue weighted by atomic mass is 9.97. The highest BCUT2D eigenvalue weighted by molar-refractivity contribution is 5.54. The summed E-state index contributed by atoms with van der Waals surface area (Å²) in [4.78, 5) is 0. The summed E-state index contributed by atoms with van der Waals surface area (Å²) in [6, 6.07) is 9.42. The summed E-state index contributed by atoms with van der Waals surface area (Å²) < 4.78 is 27.5. The van der Waals surface area contributed by atoms with Crippen LogP contribution in [-0.2, 0) is 12.8 Å². The first-order chi connectivity index (χ1) is 9.65. The van der Waals surface area contributed by atoms with E-state index in [0.29, 0.717) is 17.5 Å². The van der Waals surface area contributed by atoms with Crippen LogP contribution < -0.4 is 5.32 Å². The van der Waals surface area contributed by atoms with Crippen LogP contribution in [0.5, 0.6) is 0 Å². The quantitative estimate of drug-likeness (QED) is 0.863. The van der Waals surface area contributed by atoms with E-state index in [2.05, 4.69) is 11.4 Å². The van der Waals surface area contributed by atoms with E-state index in [-0.39, 0.29) is 0 Å². The second kappa shape index (κ2) is 5.23. The number of halogens is 2. The number of rotatable bonds is 2. The third-order valence-electron chi connectivity index (χ3n) is 3.86. The molecule has 0 saturated carbocycles. The minimum Gasteiger partial charge on any atom is -0.385 e. The predicted molar refractivity (Wildman–Crippen MR) is 77.2 cm³/mol. The molecule has 0 amide bonds. The number of fused-ring (bicyclic) bond motifs is 1. The molecule has 1 aliphatic rings. The first-order valence-electron chi connectivity index (χ1n) is 6.94. The fourth-order valence-electron chi connectivity index (χ4n) is 2.68. The van der Waals surface area contributed by atoms with E-state index in [1.54, 1.807) is 19.1 Å². The largest absolute Gasteiger partial charge is 0.385 e. The Morgan fingerprint density at radius 1 is 1.10 bits per heavy atom. The van der Waals surface area contributed by atoms with Crippen LogP contribution in [0.2, 0.25) is 0 Å². The molecule has 20 heavy (non-hydrogen) atoms. The molecule has 0 saturated heterocycles. The van der Waals surface area contributed by atoms with Gasteiger partial charge < -0.3 is 5.32 Å². The van der Waals surface area contributed by atoms with Crippen molar-refractivity contribution in [3.05, 3.63) is 64.2 Å². The Bertz CT molecular complexity index is 650. The van der Waals surface area contributed by atoms with Crippen molar-refractivity contribution in [2.45, 2.75) is 26.2 Å². The zero-order valence-electron chi connectivity index (χ0n) is 11.5. The highest BCUT2D eigenvalue weighted by atomic mass is 19.2. The van der Waals surface area contributed by atoms with Gasteiger partial charge in [0.2, 0.25) is 0 Å². The van der Waals surface area contributed by atoms with Crippen LogP contribution in [0.3, 0.4) is 0 Å². The van der Waals surface area contributed by atoms with Crippen molar-refractivity contribution in [2.24, 2.45) is 0 Å². The van der Waals surface area contributed by atoms with E-state index >= 15 is 0 Å². The third kappa shape index (κ3) is 2.40. The van der Waals surface area contributed by atoms with Gasteiger partial charge in [-0.1, -0.05) is 24.3 Å². The molecule has 1 heterocycles. The lowest BCUT2D eigenvalue weighted by Gasteiger charge is -2.18. The Kier molecular flexibility index (Phi) is 3.43. The van der Waals surface area contributed by atoms with Crippen LogP contribution in [0.25, 0.3) is 0 Å². The van der Waals surface area contributed by atoms with Gasteiger partial charge in [0.1, 0.15) is 0 Å². The predicted octanol–water partition coefficient (Wildman–Crippen LogP) is 4.22. The molecule has 1 aliphatic heterocycles. The molecule has 0 atom stereocenters. The molecule has 0 spiro atoms. The van der Waals surface area contributed by atoms with Crippen LogP contribution in [-0.4, -0.2) is 6.54 Å². The van der Waals surface area contributed by atoms with Gasteiger partial charge in [-0.15, -0.1) is 0 Å². The summed E-state index contributed by atoms with van der Waals surface area (Å²) in [5.74, 6) is -1.46. The molecule has 0 aromatic heterocycles. The molecule has 0 fully saturated rings. The minimum atomic E-state index is -0.734. The smallest absolute Gasteiger partial charge is 0.162 e. The fraction of sp³-hybridized carbons (Fsp3) is 0.294. The molecule has 1 N–H and O–H groups in total. The monoisotopic (exact) mass is 273 g/mol. The van der Waals surface area contributed by atoms with E-state index in [1.807, 2.05) is 12.1 Å². The normalized spacial score (nSPS) is 13.8. The summed E-state index contributed by atoms with van der Waals surface area (Å²) in [6.45, 7) is 2.58. The molecule has 3 rings (SSSR count). The fourth-order valence-corrected chi connectivity index (χ4v) is 2.68. The summed E-state index contributed by atoms with van der Waals surface area (Å²) in [5, 5.41) is 3.35. The Balaban J connectivity index is 1.90. The summed E-state index contributed by atoms with van der Waals surface area (Å²) >= 11 is 0. The maximum Gasteiger partial charge on any atom is 0.162 e. The Morgan fingerprint density at radius 2 is 1.95 bits per heavy atom. The van der Waals surface area contributed by atoms with Gasteiger partial charge in [-0.2, -0.15) is 0 Å². The lowest BCUT2D eigenvalue weighted by molar-refractivity contribution is 0.495. The minimum absolute atomic E-state index is 0.348. The summed E-state index contributed by atoms with van der Waals surface area (Å²) in [5.41, 5.74) is 4.21. The van der Waals surface area contributed by atoms with Gasteiger partial charge in [-0.3, -0.25) is 0 Å². The first kappa shape index (κ1) is 13.1. The van der Waals surface area contributed by atoms with Gasteiger partial charge in [0.05, 0.1) is 0 Å². The number of hydrogen-bond acceptors (Lipinski definition) is 1. The highest BCUT2D eigenvalue weighted by Gasteiger charge is 2.13. The zero-order valence-corrected chi connectivity index (χ0v) is 11.5. The Hall–Kier alpha value is -1.90. The van der Waals surface area contributed by atoms with Gasteiger partial charge in [-0.05, 0) is 48.1 Å². The first-order valence-corrected chi connectivity index (χ1v) is 6.94. The number of aryl methyl sites for hydroxylation is 2. The molecule has 3 heteroatoms. The molecular formula is C17H17F2N. The Morgan fingerprint density at radius 3 is 2.80 bits per heavy atom. The maximum absolute atomic E-state index is 13.9. The average Bonchev–Trinajstić information content (AvgIpc) is 2.48. The van der Waals surface area contributed by atoms with Crippen molar-refractivity contribution in [3.8, 4) is 0 Å². The topological polar surface area (TPSA) is 12.0 Å². The van der Waals surface area contributed by atoms with Crippen LogP contribution in [0.4, 0.5) is 14.5 Å². The SMILES string of the molecule is Cc1ccc(Cc2ccc3c(c2)CCCN3)c(F)c1F. The molecule has 1 nitrogen and oxygen atoms in total. The molecule has 0 unspecified atom stereocenters. The molecule has 0 aliphatic carbocycles. The van der Waals surface area contributed by atoms with Crippen LogP contribution >= 0.6 is 0 Å². The van der Waals surface area contributed by atoms with Gasteiger partial charge in [0.15, 0.2) is 11.6 Å². The summed E-state index contributed by atoms with van der Waals surface area (Å²) in [7, 11) is 0. The Labute approximate surface area is 117 Å². The molecule has 2 aromatic carbocycles. The highest BCUT2D eigenvalue weighted by Crippen LogP contribution is 2.25. The average molecular weight is 273 g/mol. The van der Waals surface area contributed by atoms with Crippen molar-refractivity contribution in [3.63, 3.8) is 0 Å². The number of benzene rings is 2. The molecule has 0 bridgehead atoms. The van der Waals surface area contributed by atoms with E-state index < -0.39 is 11.6 Å². The second-order valence-corrected chi connectivity index (χ2v) is 5.37. The van der Waals surface area contributed by atoms with Crippen molar-refractivity contribution >= 4 is 5.69 Å². The zero-order chi connectivity index (χ0) is 14.1. The van der Waals surface area contributed by atoms with Crippen molar-refractivity contribution in [1.82, 2.24) is 0 Å². The molecule has 104 valence electrons. The van der Waals surface area contributed by atoms with E-state index in [0.717, 1.165) is 30.6 Å². The van der Waals surface area contributed by atoms with Gasteiger partial charge >= 0.3 is 0 Å². The summed E-state index contributed by atoms with van der Waals surface area (Å²) in [6.07, 6.45) is 2.58. The van der Waals surface area contributed by atoms with Gasteiger partial charge in [0.25, 0.3) is 0 Å². The second-order valence-electron chi connectivity index (χ2n) is 5.37.